The van der Waals surface area contributed by atoms with Gasteiger partial charge in [-0.1, -0.05) is 24.6 Å². The third kappa shape index (κ3) is 3.56. The van der Waals surface area contributed by atoms with Crippen molar-refractivity contribution in [2.75, 3.05) is 6.54 Å². The molecule has 1 aromatic carbocycles. The normalized spacial score (nSPS) is 12.4. The fourth-order valence-electron chi connectivity index (χ4n) is 2.21. The van der Waals surface area contributed by atoms with Gasteiger partial charge in [0.25, 0.3) is 0 Å². The van der Waals surface area contributed by atoms with Crippen LogP contribution < -0.4 is 5.32 Å². The average molecular weight is 293 g/mol. The van der Waals surface area contributed by atoms with Crippen molar-refractivity contribution in [3.8, 4) is 0 Å². The minimum atomic E-state index is -0.270. The molecule has 2 nitrogen and oxygen atoms in total. The highest BCUT2D eigenvalue weighted by molar-refractivity contribution is 6.31. The minimum Gasteiger partial charge on any atom is -0.309 e. The molecule has 0 aliphatic carbocycles. The van der Waals surface area contributed by atoms with Gasteiger partial charge in [0.15, 0.2) is 0 Å². The van der Waals surface area contributed by atoms with Gasteiger partial charge in [0, 0.05) is 16.8 Å². The molecule has 1 atom stereocenters. The van der Waals surface area contributed by atoms with Gasteiger partial charge in [-0.05, 0) is 49.7 Å². The third-order valence-electron chi connectivity index (χ3n) is 3.21. The lowest BCUT2D eigenvalue weighted by atomic mass is 10.0. The Hall–Kier alpha value is -1.45. The average Bonchev–Trinajstić information content (AvgIpc) is 2.42. The Morgan fingerprint density at radius 3 is 2.80 bits per heavy atom. The molecule has 1 aromatic heterocycles. The largest absolute Gasteiger partial charge is 0.309 e. The number of benzene rings is 1. The Balaban J connectivity index is 2.30. The summed E-state index contributed by atoms with van der Waals surface area (Å²) >= 11 is 6.10. The molecule has 1 unspecified atom stereocenters. The summed E-state index contributed by atoms with van der Waals surface area (Å²) in [6.45, 7) is 4.82. The van der Waals surface area contributed by atoms with Crippen molar-refractivity contribution < 1.29 is 4.39 Å². The van der Waals surface area contributed by atoms with Crippen LogP contribution in [0.15, 0.2) is 36.5 Å². The first-order valence-corrected chi connectivity index (χ1v) is 7.08. The molecular formula is C16H18ClFN2. The molecule has 4 heteroatoms. The molecular weight excluding hydrogens is 275 g/mol. The number of pyridine rings is 1. The van der Waals surface area contributed by atoms with Crippen LogP contribution in [-0.4, -0.2) is 11.5 Å². The first kappa shape index (κ1) is 14.9. The van der Waals surface area contributed by atoms with Gasteiger partial charge in [0.05, 0.1) is 11.7 Å². The van der Waals surface area contributed by atoms with Gasteiger partial charge in [-0.25, -0.2) is 4.39 Å². The van der Waals surface area contributed by atoms with Crippen molar-refractivity contribution in [3.05, 3.63) is 64.2 Å². The molecule has 0 radical (unpaired) electrons. The van der Waals surface area contributed by atoms with Gasteiger partial charge in [0.1, 0.15) is 5.82 Å². The molecule has 0 spiro atoms. The lowest BCUT2D eigenvalue weighted by molar-refractivity contribution is 0.518. The quantitative estimate of drug-likeness (QED) is 0.898. The van der Waals surface area contributed by atoms with Crippen molar-refractivity contribution in [3.63, 3.8) is 0 Å². The monoisotopic (exact) mass is 292 g/mol. The molecule has 0 bridgehead atoms. The van der Waals surface area contributed by atoms with Crippen molar-refractivity contribution in [1.82, 2.24) is 10.3 Å². The molecule has 2 rings (SSSR count). The summed E-state index contributed by atoms with van der Waals surface area (Å²) in [5, 5.41) is 3.80. The van der Waals surface area contributed by atoms with E-state index in [-0.39, 0.29) is 11.9 Å². The molecule has 0 fully saturated rings. The number of likely N-dealkylation sites (N-methyl/N-ethyl adjacent to an activating group) is 1. The molecule has 0 saturated carbocycles. The fourth-order valence-corrected chi connectivity index (χ4v) is 2.45. The molecule has 106 valence electrons. The van der Waals surface area contributed by atoms with Crippen LogP contribution in [0, 0.1) is 12.7 Å². The zero-order chi connectivity index (χ0) is 14.5. The van der Waals surface area contributed by atoms with E-state index in [1.807, 2.05) is 26.0 Å². The number of halogens is 2. The number of nitrogens with zero attached hydrogens (tertiary/aromatic N) is 1. The third-order valence-corrected chi connectivity index (χ3v) is 3.57. The second-order valence-electron chi connectivity index (χ2n) is 4.77. The zero-order valence-electron chi connectivity index (χ0n) is 11.7. The number of aryl methyl sites for hydroxylation is 1. The fraction of sp³-hybridized carbons (Fsp3) is 0.312. The van der Waals surface area contributed by atoms with Gasteiger partial charge < -0.3 is 5.32 Å². The highest BCUT2D eigenvalue weighted by Crippen LogP contribution is 2.25. The summed E-state index contributed by atoms with van der Waals surface area (Å²) in [7, 11) is 0. The van der Waals surface area contributed by atoms with E-state index >= 15 is 0 Å². The Morgan fingerprint density at radius 1 is 1.35 bits per heavy atom. The molecule has 0 aliphatic heterocycles. The van der Waals surface area contributed by atoms with Crippen LogP contribution in [0.3, 0.4) is 0 Å². The van der Waals surface area contributed by atoms with Gasteiger partial charge in [-0.3, -0.25) is 4.98 Å². The second kappa shape index (κ2) is 6.82. The van der Waals surface area contributed by atoms with E-state index in [2.05, 4.69) is 10.3 Å². The zero-order valence-corrected chi connectivity index (χ0v) is 12.4. The molecule has 2 aromatic rings. The maximum Gasteiger partial charge on any atom is 0.127 e. The van der Waals surface area contributed by atoms with Gasteiger partial charge in [0.2, 0.25) is 0 Å². The van der Waals surface area contributed by atoms with Crippen molar-refractivity contribution in [2.24, 2.45) is 0 Å². The van der Waals surface area contributed by atoms with Crippen molar-refractivity contribution in [1.29, 1.82) is 0 Å². The van der Waals surface area contributed by atoms with Gasteiger partial charge in [-0.15, -0.1) is 0 Å². The van der Waals surface area contributed by atoms with Crippen LogP contribution in [-0.2, 0) is 6.42 Å². The summed E-state index contributed by atoms with van der Waals surface area (Å²) in [5.74, 6) is -0.270. The standard InChI is InChI=1S/C16H18ClFN2/c1-3-19-16(15-9-11(2)7-8-20-15)10-12-13(17)5-4-6-14(12)18/h4-9,16,19H,3,10H2,1-2H3. The van der Waals surface area contributed by atoms with E-state index in [1.165, 1.54) is 6.07 Å². The summed E-state index contributed by atoms with van der Waals surface area (Å²) in [6, 6.07) is 8.69. The highest BCUT2D eigenvalue weighted by Gasteiger charge is 2.17. The number of hydrogen-bond acceptors (Lipinski definition) is 2. The SMILES string of the molecule is CCNC(Cc1c(F)cccc1Cl)c1cc(C)ccn1. The lowest BCUT2D eigenvalue weighted by Crippen LogP contribution is -2.24. The minimum absolute atomic E-state index is 0.0469. The molecule has 0 saturated heterocycles. The summed E-state index contributed by atoms with van der Waals surface area (Å²) < 4.78 is 13.9. The molecule has 1 heterocycles. The Morgan fingerprint density at radius 2 is 2.15 bits per heavy atom. The Kier molecular flexibility index (Phi) is 5.10. The van der Waals surface area contributed by atoms with Crippen LogP contribution in [0.5, 0.6) is 0 Å². The molecule has 1 N–H and O–H groups in total. The summed E-state index contributed by atoms with van der Waals surface area (Å²) in [6.07, 6.45) is 2.26. The van der Waals surface area contributed by atoms with Gasteiger partial charge >= 0.3 is 0 Å². The van der Waals surface area contributed by atoms with E-state index in [4.69, 9.17) is 11.6 Å². The first-order chi connectivity index (χ1) is 9.61. The maximum absolute atomic E-state index is 13.9. The Bertz CT molecular complexity index is 566. The van der Waals surface area contributed by atoms with Crippen molar-refractivity contribution >= 4 is 11.6 Å². The lowest BCUT2D eigenvalue weighted by Gasteiger charge is -2.19. The van der Waals surface area contributed by atoms with Crippen molar-refractivity contribution in [2.45, 2.75) is 26.3 Å². The number of hydrogen-bond donors (Lipinski definition) is 1. The van der Waals surface area contributed by atoms with Gasteiger partial charge in [-0.2, -0.15) is 0 Å². The van der Waals surface area contributed by atoms with E-state index in [0.29, 0.717) is 17.0 Å². The number of rotatable bonds is 5. The Labute approximate surface area is 124 Å². The smallest absolute Gasteiger partial charge is 0.127 e. The van der Waals surface area contributed by atoms with E-state index < -0.39 is 0 Å². The highest BCUT2D eigenvalue weighted by atomic mass is 35.5. The van der Waals surface area contributed by atoms with Crippen LogP contribution in [0.2, 0.25) is 5.02 Å². The van der Waals surface area contributed by atoms with E-state index in [1.54, 1.807) is 18.3 Å². The molecule has 0 aliphatic rings. The van der Waals surface area contributed by atoms with Crippen LogP contribution in [0.25, 0.3) is 0 Å². The second-order valence-corrected chi connectivity index (χ2v) is 5.18. The number of aromatic nitrogens is 1. The van der Waals surface area contributed by atoms with E-state index in [0.717, 1.165) is 17.8 Å². The van der Waals surface area contributed by atoms with Crippen LogP contribution >= 0.6 is 11.6 Å². The predicted octanol–water partition coefficient (Wildman–Crippen LogP) is 4.08. The van der Waals surface area contributed by atoms with E-state index in [9.17, 15) is 4.39 Å². The maximum atomic E-state index is 13.9. The topological polar surface area (TPSA) is 24.9 Å². The summed E-state index contributed by atoms with van der Waals surface area (Å²) in [4.78, 5) is 4.39. The molecule has 0 amide bonds. The van der Waals surface area contributed by atoms with Crippen LogP contribution in [0.1, 0.15) is 29.8 Å². The predicted molar refractivity (Wildman–Crippen MR) is 80.5 cm³/mol. The number of nitrogens with one attached hydrogen (secondary N) is 1. The van der Waals surface area contributed by atoms with Crippen LogP contribution in [0.4, 0.5) is 4.39 Å². The first-order valence-electron chi connectivity index (χ1n) is 6.70. The molecule has 20 heavy (non-hydrogen) atoms. The summed E-state index contributed by atoms with van der Waals surface area (Å²) in [5.41, 5.74) is 2.58.